The summed E-state index contributed by atoms with van der Waals surface area (Å²) >= 11 is 1.67. The smallest absolute Gasteiger partial charge is 0.226 e. The molecule has 3 atom stereocenters. The number of ether oxygens (including phenoxy) is 1. The van der Waals surface area contributed by atoms with Crippen LogP contribution in [0.1, 0.15) is 10.4 Å². The molecule has 4 heterocycles. The number of fused-ring (bicyclic) bond motifs is 1. The van der Waals surface area contributed by atoms with Crippen molar-refractivity contribution in [1.82, 2.24) is 15.2 Å². The van der Waals surface area contributed by atoms with E-state index in [4.69, 9.17) is 4.74 Å². The fourth-order valence-electron chi connectivity index (χ4n) is 3.66. The van der Waals surface area contributed by atoms with Crippen LogP contribution < -0.4 is 5.32 Å². The highest BCUT2D eigenvalue weighted by Crippen LogP contribution is 2.34. The van der Waals surface area contributed by atoms with Gasteiger partial charge in [-0.25, -0.2) is 0 Å². The van der Waals surface area contributed by atoms with Crippen molar-refractivity contribution in [2.45, 2.75) is 19.2 Å². The SMILES string of the molecule is O=C(NCc1cccs1)[C@@H]1CO[C@H]2CN(Cc3ccncc3)C[C@H]21. The number of thiophene rings is 1. The van der Waals surface area contributed by atoms with Crippen LogP contribution in [-0.2, 0) is 22.6 Å². The Morgan fingerprint density at radius 2 is 2.21 bits per heavy atom. The second-order valence-corrected chi connectivity index (χ2v) is 7.52. The third kappa shape index (κ3) is 3.36. The van der Waals surface area contributed by atoms with Crippen molar-refractivity contribution in [2.24, 2.45) is 11.8 Å². The van der Waals surface area contributed by atoms with Gasteiger partial charge in [0.2, 0.25) is 5.91 Å². The number of carbonyl (C=O) groups is 1. The van der Waals surface area contributed by atoms with Crippen LogP contribution in [0.4, 0.5) is 0 Å². The van der Waals surface area contributed by atoms with Crippen LogP contribution in [0.25, 0.3) is 0 Å². The van der Waals surface area contributed by atoms with Gasteiger partial charge in [0, 0.05) is 42.8 Å². The molecule has 2 aromatic heterocycles. The Morgan fingerprint density at radius 1 is 1.33 bits per heavy atom. The second kappa shape index (κ2) is 7.01. The van der Waals surface area contributed by atoms with Crippen molar-refractivity contribution in [1.29, 1.82) is 0 Å². The van der Waals surface area contributed by atoms with Gasteiger partial charge in [0.1, 0.15) is 0 Å². The quantitative estimate of drug-likeness (QED) is 0.901. The third-order valence-electron chi connectivity index (χ3n) is 4.90. The average Bonchev–Trinajstić information content (AvgIpc) is 3.30. The predicted molar refractivity (Wildman–Crippen MR) is 92.4 cm³/mol. The van der Waals surface area contributed by atoms with Crippen molar-refractivity contribution in [2.75, 3.05) is 19.7 Å². The van der Waals surface area contributed by atoms with E-state index in [1.165, 1.54) is 10.4 Å². The lowest BCUT2D eigenvalue weighted by molar-refractivity contribution is -0.126. The van der Waals surface area contributed by atoms with Gasteiger partial charge in [-0.15, -0.1) is 11.3 Å². The van der Waals surface area contributed by atoms with Gasteiger partial charge in [-0.1, -0.05) is 6.07 Å². The first-order valence-electron chi connectivity index (χ1n) is 8.32. The molecule has 126 valence electrons. The van der Waals surface area contributed by atoms with Gasteiger partial charge in [-0.05, 0) is 29.1 Å². The molecule has 0 aromatic carbocycles. The van der Waals surface area contributed by atoms with Gasteiger partial charge in [-0.2, -0.15) is 0 Å². The summed E-state index contributed by atoms with van der Waals surface area (Å²) in [5, 5.41) is 5.10. The predicted octanol–water partition coefficient (Wildman–Crippen LogP) is 1.91. The average molecular weight is 343 g/mol. The summed E-state index contributed by atoms with van der Waals surface area (Å²) < 4.78 is 5.90. The monoisotopic (exact) mass is 343 g/mol. The Labute approximate surface area is 145 Å². The van der Waals surface area contributed by atoms with E-state index in [-0.39, 0.29) is 17.9 Å². The van der Waals surface area contributed by atoms with E-state index >= 15 is 0 Å². The highest BCUT2D eigenvalue weighted by atomic mass is 32.1. The summed E-state index contributed by atoms with van der Waals surface area (Å²) in [7, 11) is 0. The number of amides is 1. The molecule has 0 spiro atoms. The number of aromatic nitrogens is 1. The van der Waals surface area contributed by atoms with Gasteiger partial charge in [-0.3, -0.25) is 14.7 Å². The number of hydrogen-bond donors (Lipinski definition) is 1. The lowest BCUT2D eigenvalue weighted by Gasteiger charge is -2.19. The molecule has 2 fully saturated rings. The number of carbonyl (C=O) groups excluding carboxylic acids is 1. The minimum absolute atomic E-state index is 0.0302. The molecule has 0 aliphatic carbocycles. The van der Waals surface area contributed by atoms with Gasteiger partial charge in [0.15, 0.2) is 0 Å². The first-order chi connectivity index (χ1) is 11.8. The molecule has 0 bridgehead atoms. The minimum atomic E-state index is -0.0302. The first kappa shape index (κ1) is 15.7. The lowest BCUT2D eigenvalue weighted by Crippen LogP contribution is -2.36. The Balaban J connectivity index is 1.33. The summed E-state index contributed by atoms with van der Waals surface area (Å²) in [4.78, 5) is 20.2. The maximum absolute atomic E-state index is 12.5. The molecule has 1 N–H and O–H groups in total. The first-order valence-corrected chi connectivity index (χ1v) is 9.20. The molecular weight excluding hydrogens is 322 g/mol. The van der Waals surface area contributed by atoms with E-state index in [0.29, 0.717) is 19.1 Å². The van der Waals surface area contributed by atoms with Crippen LogP contribution in [0.2, 0.25) is 0 Å². The van der Waals surface area contributed by atoms with Gasteiger partial charge < -0.3 is 10.1 Å². The van der Waals surface area contributed by atoms with Crippen LogP contribution in [0, 0.1) is 11.8 Å². The van der Waals surface area contributed by atoms with Gasteiger partial charge in [0.25, 0.3) is 0 Å². The summed E-state index contributed by atoms with van der Waals surface area (Å²) in [6, 6.07) is 8.14. The molecule has 5 nitrogen and oxygen atoms in total. The van der Waals surface area contributed by atoms with Crippen LogP contribution in [0.3, 0.4) is 0 Å². The molecule has 0 unspecified atom stereocenters. The minimum Gasteiger partial charge on any atom is -0.376 e. The van der Waals surface area contributed by atoms with Crippen LogP contribution >= 0.6 is 11.3 Å². The Hall–Kier alpha value is -1.76. The standard InChI is InChI=1S/C18H21N3O2S/c22-18(20-8-14-2-1-7-24-14)16-12-23-17-11-21(10-15(16)17)9-13-3-5-19-6-4-13/h1-7,15-17H,8-12H2,(H,20,22)/t15-,16+,17-/m0/s1. The van der Waals surface area contributed by atoms with Crippen molar-refractivity contribution in [3.63, 3.8) is 0 Å². The van der Waals surface area contributed by atoms with E-state index < -0.39 is 0 Å². The van der Waals surface area contributed by atoms with E-state index in [1.807, 2.05) is 42.0 Å². The molecule has 2 aliphatic rings. The molecule has 0 saturated carbocycles. The summed E-state index contributed by atoms with van der Waals surface area (Å²) in [5.41, 5.74) is 1.25. The number of pyridine rings is 1. The number of rotatable bonds is 5. The zero-order chi connectivity index (χ0) is 16.4. The van der Waals surface area contributed by atoms with Crippen molar-refractivity contribution < 1.29 is 9.53 Å². The zero-order valence-corrected chi connectivity index (χ0v) is 14.2. The zero-order valence-electron chi connectivity index (χ0n) is 13.4. The normalized spacial score (nSPS) is 26.4. The molecule has 24 heavy (non-hydrogen) atoms. The van der Waals surface area contributed by atoms with Crippen molar-refractivity contribution in [3.05, 3.63) is 52.5 Å². The number of nitrogens with one attached hydrogen (secondary N) is 1. The number of hydrogen-bond acceptors (Lipinski definition) is 5. The van der Waals surface area contributed by atoms with Crippen LogP contribution in [0.5, 0.6) is 0 Å². The largest absolute Gasteiger partial charge is 0.376 e. The second-order valence-electron chi connectivity index (χ2n) is 6.49. The topological polar surface area (TPSA) is 54.5 Å². The summed E-state index contributed by atoms with van der Waals surface area (Å²) in [6.45, 7) is 3.88. The maximum Gasteiger partial charge on any atom is 0.226 e. The molecule has 2 saturated heterocycles. The summed E-state index contributed by atoms with van der Waals surface area (Å²) in [6.07, 6.45) is 3.83. The van der Waals surface area contributed by atoms with Crippen molar-refractivity contribution >= 4 is 17.2 Å². The molecular formula is C18H21N3O2S. The van der Waals surface area contributed by atoms with E-state index in [9.17, 15) is 4.79 Å². The third-order valence-corrected chi connectivity index (χ3v) is 5.78. The molecule has 6 heteroatoms. The number of nitrogens with zero attached hydrogens (tertiary/aromatic N) is 2. The maximum atomic E-state index is 12.5. The fraction of sp³-hybridized carbons (Fsp3) is 0.444. The Bertz CT molecular complexity index is 677. The van der Waals surface area contributed by atoms with Gasteiger partial charge in [0.05, 0.1) is 25.2 Å². The summed E-state index contributed by atoms with van der Waals surface area (Å²) in [5.74, 6) is 0.397. The molecule has 4 rings (SSSR count). The number of likely N-dealkylation sites (tertiary alicyclic amines) is 1. The van der Waals surface area contributed by atoms with E-state index in [0.717, 1.165) is 19.6 Å². The molecule has 2 aromatic rings. The van der Waals surface area contributed by atoms with Crippen LogP contribution in [-0.4, -0.2) is 41.6 Å². The van der Waals surface area contributed by atoms with Gasteiger partial charge >= 0.3 is 0 Å². The Kier molecular flexibility index (Phi) is 4.60. The Morgan fingerprint density at radius 3 is 3.00 bits per heavy atom. The highest BCUT2D eigenvalue weighted by Gasteiger charge is 2.46. The highest BCUT2D eigenvalue weighted by molar-refractivity contribution is 7.09. The van der Waals surface area contributed by atoms with Crippen LogP contribution in [0.15, 0.2) is 42.0 Å². The van der Waals surface area contributed by atoms with E-state index in [2.05, 4.69) is 15.2 Å². The van der Waals surface area contributed by atoms with E-state index in [1.54, 1.807) is 11.3 Å². The molecule has 2 aliphatic heterocycles. The van der Waals surface area contributed by atoms with Crippen molar-refractivity contribution in [3.8, 4) is 0 Å². The molecule has 0 radical (unpaired) electrons. The molecule has 1 amide bonds. The lowest BCUT2D eigenvalue weighted by atomic mass is 9.92. The fourth-order valence-corrected chi connectivity index (χ4v) is 4.30.